The largest absolute Gasteiger partial charge is 0.340 e. The molecule has 1 aromatic heterocycles. The summed E-state index contributed by atoms with van der Waals surface area (Å²) < 4.78 is 5.07. The predicted molar refractivity (Wildman–Crippen MR) is 98.1 cm³/mol. The zero-order chi connectivity index (χ0) is 17.1. The molecule has 1 aliphatic rings. The molecule has 0 bridgehead atoms. The number of hydrogen-bond donors (Lipinski definition) is 1. The van der Waals surface area contributed by atoms with Gasteiger partial charge in [-0.15, -0.1) is 0 Å². The number of aromatic nitrogens is 2. The van der Waals surface area contributed by atoms with Gasteiger partial charge in [0.15, 0.2) is 5.82 Å². The molecule has 0 amide bonds. The van der Waals surface area contributed by atoms with E-state index in [9.17, 15) is 0 Å². The molecule has 130 valence electrons. The second-order valence-corrected chi connectivity index (χ2v) is 6.87. The van der Waals surface area contributed by atoms with Crippen LogP contribution in [0.5, 0.6) is 0 Å². The quantitative estimate of drug-likeness (QED) is 0.775. The molecule has 3 aromatic rings. The third kappa shape index (κ3) is 4.06. The van der Waals surface area contributed by atoms with E-state index in [-0.39, 0.29) is 0 Å². The van der Waals surface area contributed by atoms with E-state index in [2.05, 4.69) is 62.8 Å². The Morgan fingerprint density at radius 1 is 1.20 bits per heavy atom. The van der Waals surface area contributed by atoms with E-state index in [0.717, 1.165) is 32.0 Å². The highest BCUT2D eigenvalue weighted by Gasteiger charge is 2.20. The lowest BCUT2D eigenvalue weighted by molar-refractivity contribution is 0.177. The van der Waals surface area contributed by atoms with Gasteiger partial charge in [-0.05, 0) is 41.8 Å². The number of piperidine rings is 1. The number of nitrogens with one attached hydrogen (secondary N) is 1. The second kappa shape index (κ2) is 7.33. The molecule has 5 heteroatoms. The first-order valence-corrected chi connectivity index (χ1v) is 8.99. The summed E-state index contributed by atoms with van der Waals surface area (Å²) in [5.41, 5.74) is 1.34. The van der Waals surface area contributed by atoms with Crippen molar-refractivity contribution in [3.8, 4) is 0 Å². The van der Waals surface area contributed by atoms with Gasteiger partial charge in [-0.1, -0.05) is 41.6 Å². The van der Waals surface area contributed by atoms with Gasteiger partial charge in [-0.2, -0.15) is 4.98 Å². The molecule has 2 heterocycles. The van der Waals surface area contributed by atoms with Crippen molar-refractivity contribution in [2.45, 2.75) is 38.9 Å². The van der Waals surface area contributed by atoms with Crippen molar-refractivity contribution in [2.75, 3.05) is 13.1 Å². The molecule has 4 rings (SSSR count). The highest BCUT2D eigenvalue weighted by Crippen LogP contribution is 2.17. The fourth-order valence-electron chi connectivity index (χ4n) is 3.58. The molecule has 0 radical (unpaired) electrons. The zero-order valence-corrected chi connectivity index (χ0v) is 14.6. The molecule has 2 aromatic carbocycles. The first-order valence-electron chi connectivity index (χ1n) is 8.99. The summed E-state index contributed by atoms with van der Waals surface area (Å²) in [6.45, 7) is 5.64. The third-order valence-electron chi connectivity index (χ3n) is 4.85. The van der Waals surface area contributed by atoms with E-state index in [1.165, 1.54) is 29.2 Å². The van der Waals surface area contributed by atoms with Crippen molar-refractivity contribution < 1.29 is 4.52 Å². The average molecular weight is 336 g/mol. The fourth-order valence-corrected chi connectivity index (χ4v) is 3.58. The minimum absolute atomic E-state index is 0.508. The van der Waals surface area contributed by atoms with Crippen molar-refractivity contribution >= 4 is 10.8 Å². The summed E-state index contributed by atoms with van der Waals surface area (Å²) in [5, 5.41) is 10.3. The van der Waals surface area contributed by atoms with Crippen LogP contribution in [0, 0.1) is 6.92 Å². The van der Waals surface area contributed by atoms with Crippen LogP contribution >= 0.6 is 0 Å². The summed E-state index contributed by atoms with van der Waals surface area (Å²) in [7, 11) is 0. The van der Waals surface area contributed by atoms with Gasteiger partial charge in [-0.25, -0.2) is 0 Å². The van der Waals surface area contributed by atoms with Crippen molar-refractivity contribution in [3.05, 3.63) is 59.7 Å². The number of likely N-dealkylation sites (tertiary alicyclic amines) is 1. The second-order valence-electron chi connectivity index (χ2n) is 6.87. The van der Waals surface area contributed by atoms with E-state index in [0.29, 0.717) is 11.9 Å². The fraction of sp³-hybridized carbons (Fsp3) is 0.400. The molecule has 25 heavy (non-hydrogen) atoms. The Hall–Kier alpha value is -2.24. The lowest BCUT2D eigenvalue weighted by Gasteiger charge is -2.32. The Morgan fingerprint density at radius 2 is 2.08 bits per heavy atom. The van der Waals surface area contributed by atoms with Crippen molar-refractivity contribution in [1.29, 1.82) is 0 Å². The van der Waals surface area contributed by atoms with Crippen molar-refractivity contribution in [2.24, 2.45) is 0 Å². The number of hydrogen-bond acceptors (Lipinski definition) is 5. The van der Waals surface area contributed by atoms with Gasteiger partial charge in [0, 0.05) is 26.1 Å². The van der Waals surface area contributed by atoms with Gasteiger partial charge in [0.1, 0.15) is 0 Å². The lowest BCUT2D eigenvalue weighted by Crippen LogP contribution is -2.45. The van der Waals surface area contributed by atoms with E-state index in [1.807, 2.05) is 6.92 Å². The Kier molecular flexibility index (Phi) is 4.76. The Balaban J connectivity index is 1.33. The molecule has 5 nitrogen and oxygen atoms in total. The van der Waals surface area contributed by atoms with Crippen LogP contribution in [0.4, 0.5) is 0 Å². The standard InChI is InChI=1S/C20H24N4O/c1-15-22-20(23-25-15)14-24-10-4-7-19(13-24)21-12-16-8-9-17-5-2-3-6-18(17)11-16/h2-3,5-6,8-9,11,19,21H,4,7,10,12-14H2,1H3/t19-/m1/s1. The van der Waals surface area contributed by atoms with Crippen LogP contribution in [0.1, 0.15) is 30.1 Å². The molecule has 0 saturated carbocycles. The van der Waals surface area contributed by atoms with Crippen molar-refractivity contribution in [3.63, 3.8) is 0 Å². The molecule has 0 spiro atoms. The molecule has 0 unspecified atom stereocenters. The SMILES string of the molecule is Cc1nc(CN2CCC[C@@H](NCc3ccc4ccccc4c3)C2)no1. The number of benzene rings is 2. The van der Waals surface area contributed by atoms with Crippen LogP contribution in [-0.4, -0.2) is 34.2 Å². The van der Waals surface area contributed by atoms with Crippen LogP contribution in [0.25, 0.3) is 10.8 Å². The minimum Gasteiger partial charge on any atom is -0.340 e. The van der Waals surface area contributed by atoms with Gasteiger partial charge in [0.2, 0.25) is 5.89 Å². The van der Waals surface area contributed by atoms with E-state index < -0.39 is 0 Å². The maximum absolute atomic E-state index is 5.07. The highest BCUT2D eigenvalue weighted by molar-refractivity contribution is 5.82. The normalized spacial score (nSPS) is 18.7. The third-order valence-corrected chi connectivity index (χ3v) is 4.85. The van der Waals surface area contributed by atoms with Gasteiger partial charge in [-0.3, -0.25) is 4.90 Å². The first kappa shape index (κ1) is 16.2. The number of rotatable bonds is 5. The molecule has 1 N–H and O–H groups in total. The lowest BCUT2D eigenvalue weighted by atomic mass is 10.0. The monoisotopic (exact) mass is 336 g/mol. The topological polar surface area (TPSA) is 54.2 Å². The van der Waals surface area contributed by atoms with Gasteiger partial charge in [0.25, 0.3) is 0 Å². The number of nitrogens with zero attached hydrogens (tertiary/aromatic N) is 3. The molecule has 1 saturated heterocycles. The van der Waals surface area contributed by atoms with Crippen molar-refractivity contribution in [1.82, 2.24) is 20.4 Å². The van der Waals surface area contributed by atoms with Crippen LogP contribution in [-0.2, 0) is 13.1 Å². The average Bonchev–Trinajstić information content (AvgIpc) is 3.05. The van der Waals surface area contributed by atoms with E-state index in [4.69, 9.17) is 4.52 Å². The van der Waals surface area contributed by atoms with Gasteiger partial charge >= 0.3 is 0 Å². The smallest absolute Gasteiger partial charge is 0.223 e. The molecule has 1 fully saturated rings. The Labute approximate surface area is 148 Å². The van der Waals surface area contributed by atoms with Crippen LogP contribution < -0.4 is 5.32 Å². The minimum atomic E-state index is 0.508. The summed E-state index contributed by atoms with van der Waals surface area (Å²) >= 11 is 0. The molecule has 1 aliphatic heterocycles. The molecule has 0 aliphatic carbocycles. The summed E-state index contributed by atoms with van der Waals surface area (Å²) in [4.78, 5) is 6.72. The van der Waals surface area contributed by atoms with E-state index in [1.54, 1.807) is 0 Å². The van der Waals surface area contributed by atoms with Crippen LogP contribution in [0.2, 0.25) is 0 Å². The summed E-state index contributed by atoms with van der Waals surface area (Å²) in [5.74, 6) is 1.42. The van der Waals surface area contributed by atoms with Gasteiger partial charge in [0.05, 0.1) is 6.54 Å². The first-order chi connectivity index (χ1) is 12.3. The number of fused-ring (bicyclic) bond motifs is 1. The maximum atomic E-state index is 5.07. The van der Waals surface area contributed by atoms with Crippen LogP contribution in [0.15, 0.2) is 47.0 Å². The highest BCUT2D eigenvalue weighted by atomic mass is 16.5. The zero-order valence-electron chi connectivity index (χ0n) is 14.6. The van der Waals surface area contributed by atoms with Crippen LogP contribution in [0.3, 0.4) is 0 Å². The van der Waals surface area contributed by atoms with E-state index >= 15 is 0 Å². The maximum Gasteiger partial charge on any atom is 0.223 e. The van der Waals surface area contributed by atoms with Gasteiger partial charge < -0.3 is 9.84 Å². The summed E-state index contributed by atoms with van der Waals surface area (Å²) in [6, 6.07) is 15.7. The molecular formula is C20H24N4O. The predicted octanol–water partition coefficient (Wildman–Crippen LogP) is 3.29. The Bertz CT molecular complexity index is 844. The molecular weight excluding hydrogens is 312 g/mol. The number of aryl methyl sites for hydroxylation is 1. The Morgan fingerprint density at radius 3 is 2.92 bits per heavy atom. The molecule has 1 atom stereocenters. The summed E-state index contributed by atoms with van der Waals surface area (Å²) in [6.07, 6.45) is 2.42.